The van der Waals surface area contributed by atoms with Crippen LogP contribution in [0.25, 0.3) is 0 Å². The number of hydrogen-bond acceptors (Lipinski definition) is 2. The third-order valence-electron chi connectivity index (χ3n) is 2.79. The summed E-state index contributed by atoms with van der Waals surface area (Å²) in [4.78, 5) is 13.3. The molecular weight excluding hydrogens is 166 g/mol. The fourth-order valence-corrected chi connectivity index (χ4v) is 1.77. The van der Waals surface area contributed by atoms with Gasteiger partial charge in [0.1, 0.15) is 6.61 Å². The maximum atomic E-state index is 11.4. The van der Waals surface area contributed by atoms with Gasteiger partial charge in [-0.15, -0.1) is 0 Å². The highest BCUT2D eigenvalue weighted by Gasteiger charge is 2.27. The van der Waals surface area contributed by atoms with E-state index < -0.39 is 0 Å². The van der Waals surface area contributed by atoms with Crippen LogP contribution in [0.2, 0.25) is 0 Å². The molecule has 0 aliphatic carbocycles. The average Bonchev–Trinajstić information content (AvgIpc) is 2.52. The van der Waals surface area contributed by atoms with Crippen LogP contribution in [-0.2, 0) is 9.53 Å². The Balaban J connectivity index is 2.36. The van der Waals surface area contributed by atoms with Gasteiger partial charge in [-0.05, 0) is 18.3 Å². The van der Waals surface area contributed by atoms with Crippen LogP contribution in [0.15, 0.2) is 0 Å². The first-order valence-corrected chi connectivity index (χ1v) is 4.92. The van der Waals surface area contributed by atoms with Crippen LogP contribution in [-0.4, -0.2) is 37.6 Å². The molecule has 0 aromatic rings. The van der Waals surface area contributed by atoms with Crippen molar-refractivity contribution in [2.45, 2.75) is 20.3 Å². The fourth-order valence-electron chi connectivity index (χ4n) is 1.77. The molecule has 1 aliphatic rings. The summed E-state index contributed by atoms with van der Waals surface area (Å²) in [7, 11) is 1.56. The Bertz CT molecular complexity index is 180. The van der Waals surface area contributed by atoms with E-state index in [1.165, 1.54) is 0 Å². The van der Waals surface area contributed by atoms with Gasteiger partial charge < -0.3 is 9.64 Å². The second-order valence-electron chi connectivity index (χ2n) is 4.07. The van der Waals surface area contributed by atoms with Crippen LogP contribution in [0, 0.1) is 11.8 Å². The second-order valence-corrected chi connectivity index (χ2v) is 4.07. The zero-order chi connectivity index (χ0) is 9.84. The number of methoxy groups -OCH3 is 1. The predicted octanol–water partition coefficient (Wildman–Crippen LogP) is 1.14. The first kappa shape index (κ1) is 10.5. The molecule has 0 saturated carbocycles. The number of likely N-dealkylation sites (tertiary alicyclic amines) is 1. The minimum absolute atomic E-state index is 0.130. The van der Waals surface area contributed by atoms with Gasteiger partial charge in [-0.25, -0.2) is 0 Å². The maximum Gasteiger partial charge on any atom is 0.248 e. The molecule has 3 heteroatoms. The number of nitrogens with zero attached hydrogens (tertiary/aromatic N) is 1. The molecule has 1 atom stereocenters. The van der Waals surface area contributed by atoms with Crippen molar-refractivity contribution in [3.8, 4) is 0 Å². The lowest BCUT2D eigenvalue weighted by molar-refractivity contribution is -0.134. The van der Waals surface area contributed by atoms with Gasteiger partial charge in [0, 0.05) is 20.2 Å². The van der Waals surface area contributed by atoms with Crippen molar-refractivity contribution in [3.05, 3.63) is 0 Å². The summed E-state index contributed by atoms with van der Waals surface area (Å²) < 4.78 is 4.82. The smallest absolute Gasteiger partial charge is 0.248 e. The van der Waals surface area contributed by atoms with E-state index in [9.17, 15) is 4.79 Å². The highest BCUT2D eigenvalue weighted by atomic mass is 16.5. The van der Waals surface area contributed by atoms with Crippen LogP contribution >= 0.6 is 0 Å². The lowest BCUT2D eigenvalue weighted by Gasteiger charge is -2.17. The number of ether oxygens (including phenoxy) is 1. The van der Waals surface area contributed by atoms with Gasteiger partial charge >= 0.3 is 0 Å². The third kappa shape index (κ3) is 2.69. The first-order chi connectivity index (χ1) is 6.15. The van der Waals surface area contributed by atoms with Crippen molar-refractivity contribution in [2.75, 3.05) is 26.8 Å². The summed E-state index contributed by atoms with van der Waals surface area (Å²) in [5.41, 5.74) is 0. The summed E-state index contributed by atoms with van der Waals surface area (Å²) in [6.45, 7) is 6.49. The number of rotatable bonds is 3. The van der Waals surface area contributed by atoms with Crippen molar-refractivity contribution in [1.29, 1.82) is 0 Å². The Labute approximate surface area is 80.1 Å². The van der Waals surface area contributed by atoms with Crippen molar-refractivity contribution < 1.29 is 9.53 Å². The van der Waals surface area contributed by atoms with E-state index in [1.807, 2.05) is 4.90 Å². The summed E-state index contributed by atoms with van der Waals surface area (Å²) >= 11 is 0. The molecule has 1 aliphatic heterocycles. The number of amides is 1. The van der Waals surface area contributed by atoms with E-state index in [0.29, 0.717) is 11.8 Å². The normalized spacial score (nSPS) is 22.8. The summed E-state index contributed by atoms with van der Waals surface area (Å²) in [5.74, 6) is 1.49. The number of hydrogen-bond donors (Lipinski definition) is 0. The van der Waals surface area contributed by atoms with Crippen molar-refractivity contribution in [2.24, 2.45) is 11.8 Å². The Kier molecular flexibility index (Phi) is 3.72. The maximum absolute atomic E-state index is 11.4. The molecule has 1 fully saturated rings. The van der Waals surface area contributed by atoms with Crippen LogP contribution in [0.1, 0.15) is 20.3 Å². The van der Waals surface area contributed by atoms with Crippen LogP contribution in [0.3, 0.4) is 0 Å². The Morgan fingerprint density at radius 3 is 2.77 bits per heavy atom. The molecule has 1 amide bonds. The van der Waals surface area contributed by atoms with Gasteiger partial charge in [0.2, 0.25) is 5.91 Å². The Morgan fingerprint density at radius 1 is 1.62 bits per heavy atom. The van der Waals surface area contributed by atoms with Gasteiger partial charge in [-0.2, -0.15) is 0 Å². The lowest BCUT2D eigenvalue weighted by Crippen LogP contribution is -2.32. The predicted molar refractivity (Wildman–Crippen MR) is 51.4 cm³/mol. The molecule has 1 saturated heterocycles. The number of carbonyl (C=O) groups is 1. The molecule has 0 aromatic heterocycles. The minimum Gasteiger partial charge on any atom is -0.375 e. The molecule has 3 nitrogen and oxygen atoms in total. The summed E-state index contributed by atoms with van der Waals surface area (Å²) in [6.07, 6.45) is 1.15. The monoisotopic (exact) mass is 185 g/mol. The minimum atomic E-state index is 0.130. The fraction of sp³-hybridized carbons (Fsp3) is 0.900. The van der Waals surface area contributed by atoms with E-state index in [4.69, 9.17) is 4.74 Å². The summed E-state index contributed by atoms with van der Waals surface area (Å²) in [5, 5.41) is 0. The molecule has 0 aromatic carbocycles. The van der Waals surface area contributed by atoms with E-state index in [1.54, 1.807) is 7.11 Å². The first-order valence-electron chi connectivity index (χ1n) is 4.92. The summed E-state index contributed by atoms with van der Waals surface area (Å²) in [6, 6.07) is 0. The van der Waals surface area contributed by atoms with Crippen molar-refractivity contribution in [1.82, 2.24) is 4.90 Å². The highest BCUT2D eigenvalue weighted by molar-refractivity contribution is 5.77. The quantitative estimate of drug-likeness (QED) is 0.660. The average molecular weight is 185 g/mol. The van der Waals surface area contributed by atoms with Gasteiger partial charge in [0.05, 0.1) is 0 Å². The van der Waals surface area contributed by atoms with Crippen molar-refractivity contribution >= 4 is 5.91 Å². The van der Waals surface area contributed by atoms with Gasteiger partial charge in [0.25, 0.3) is 0 Å². The van der Waals surface area contributed by atoms with Gasteiger partial charge in [-0.3, -0.25) is 4.79 Å². The highest BCUT2D eigenvalue weighted by Crippen LogP contribution is 2.23. The third-order valence-corrected chi connectivity index (χ3v) is 2.79. The van der Waals surface area contributed by atoms with E-state index in [2.05, 4.69) is 13.8 Å². The molecule has 0 unspecified atom stereocenters. The number of carbonyl (C=O) groups excluding carboxylic acids is 1. The van der Waals surface area contributed by atoms with Crippen LogP contribution < -0.4 is 0 Å². The molecule has 13 heavy (non-hydrogen) atoms. The molecular formula is C10H19NO2. The molecule has 0 radical (unpaired) electrons. The lowest BCUT2D eigenvalue weighted by atomic mass is 9.95. The molecule has 1 heterocycles. The largest absolute Gasteiger partial charge is 0.375 e. The second kappa shape index (κ2) is 4.61. The molecule has 0 N–H and O–H groups in total. The van der Waals surface area contributed by atoms with Crippen LogP contribution in [0.5, 0.6) is 0 Å². The Hall–Kier alpha value is -0.570. The van der Waals surface area contributed by atoms with Crippen molar-refractivity contribution in [3.63, 3.8) is 0 Å². The molecule has 76 valence electrons. The topological polar surface area (TPSA) is 29.5 Å². The van der Waals surface area contributed by atoms with E-state index in [-0.39, 0.29) is 12.5 Å². The zero-order valence-corrected chi connectivity index (χ0v) is 8.75. The molecule has 0 spiro atoms. The van der Waals surface area contributed by atoms with E-state index in [0.717, 1.165) is 19.5 Å². The zero-order valence-electron chi connectivity index (χ0n) is 8.75. The van der Waals surface area contributed by atoms with E-state index >= 15 is 0 Å². The SMILES string of the molecule is COCC(=O)N1CC[C@@H](C(C)C)C1. The molecule has 0 bridgehead atoms. The standard InChI is InChI=1S/C10H19NO2/c1-8(2)9-4-5-11(6-9)10(12)7-13-3/h8-9H,4-7H2,1-3H3/t9-/m1/s1. The molecule has 1 rings (SSSR count). The Morgan fingerprint density at radius 2 is 2.31 bits per heavy atom. The van der Waals surface area contributed by atoms with Crippen LogP contribution in [0.4, 0.5) is 0 Å². The van der Waals surface area contributed by atoms with Gasteiger partial charge in [0.15, 0.2) is 0 Å². The van der Waals surface area contributed by atoms with Gasteiger partial charge in [-0.1, -0.05) is 13.8 Å².